The first-order valence-electron chi connectivity index (χ1n) is 10.5. The van der Waals surface area contributed by atoms with Crippen molar-refractivity contribution in [3.8, 4) is 17.2 Å². The van der Waals surface area contributed by atoms with Crippen LogP contribution in [0.1, 0.15) is 26.7 Å². The van der Waals surface area contributed by atoms with Gasteiger partial charge >= 0.3 is 11.9 Å². The quantitative estimate of drug-likeness (QED) is 0.331. The predicted octanol–water partition coefficient (Wildman–Crippen LogP) is 4.62. The second-order valence-corrected chi connectivity index (χ2v) is 6.92. The van der Waals surface area contributed by atoms with Crippen LogP contribution >= 0.6 is 0 Å². The molecule has 0 heterocycles. The summed E-state index contributed by atoms with van der Waals surface area (Å²) in [6.45, 7) is 11.0. The highest BCUT2D eigenvalue weighted by Gasteiger charge is 2.19. The molecule has 2 unspecified atom stereocenters. The molecule has 2 aromatic carbocycles. The molecule has 7 nitrogen and oxygen atoms in total. The molecule has 172 valence electrons. The van der Waals surface area contributed by atoms with E-state index in [9.17, 15) is 9.59 Å². The van der Waals surface area contributed by atoms with Crippen LogP contribution in [0.5, 0.6) is 17.2 Å². The van der Waals surface area contributed by atoms with Gasteiger partial charge in [-0.25, -0.2) is 9.59 Å². The van der Waals surface area contributed by atoms with Gasteiger partial charge in [0, 0.05) is 29.0 Å². The summed E-state index contributed by atoms with van der Waals surface area (Å²) in [5, 5.41) is 1.59. The van der Waals surface area contributed by atoms with Crippen molar-refractivity contribution < 1.29 is 33.3 Å². The number of esters is 2. The zero-order valence-corrected chi connectivity index (χ0v) is 18.8. The van der Waals surface area contributed by atoms with Crippen LogP contribution in [0.2, 0.25) is 0 Å². The van der Waals surface area contributed by atoms with E-state index in [1.807, 2.05) is 38.1 Å². The second kappa shape index (κ2) is 12.4. The van der Waals surface area contributed by atoms with Gasteiger partial charge in [0.15, 0.2) is 11.5 Å². The fourth-order valence-corrected chi connectivity index (χ4v) is 2.97. The van der Waals surface area contributed by atoms with Crippen molar-refractivity contribution in [2.45, 2.75) is 38.9 Å². The third kappa shape index (κ3) is 6.51. The first-order chi connectivity index (χ1) is 15.5. The summed E-state index contributed by atoms with van der Waals surface area (Å²) in [6.07, 6.45) is 2.60. The number of hydrogen-bond donors (Lipinski definition) is 0. The number of carbonyl (C=O) groups excluding carboxylic acids is 2. The Balaban J connectivity index is 2.29. The third-order valence-electron chi connectivity index (χ3n) is 4.79. The highest BCUT2D eigenvalue weighted by atomic mass is 16.6. The van der Waals surface area contributed by atoms with Crippen molar-refractivity contribution in [1.82, 2.24) is 0 Å². The minimum Gasteiger partial charge on any atom is -0.493 e. The Morgan fingerprint density at radius 3 is 1.91 bits per heavy atom. The lowest BCUT2D eigenvalue weighted by molar-refractivity contribution is -0.145. The Bertz CT molecular complexity index is 951. The van der Waals surface area contributed by atoms with Gasteiger partial charge in [0.1, 0.15) is 31.2 Å². The van der Waals surface area contributed by atoms with E-state index in [2.05, 4.69) is 13.2 Å². The van der Waals surface area contributed by atoms with Crippen molar-refractivity contribution in [2.75, 3.05) is 20.3 Å². The normalized spacial score (nSPS) is 12.3. The van der Waals surface area contributed by atoms with Crippen LogP contribution in [0.3, 0.4) is 0 Å². The third-order valence-corrected chi connectivity index (χ3v) is 4.79. The van der Waals surface area contributed by atoms with E-state index in [0.29, 0.717) is 30.1 Å². The van der Waals surface area contributed by atoms with Gasteiger partial charge in [-0.2, -0.15) is 0 Å². The van der Waals surface area contributed by atoms with E-state index in [-0.39, 0.29) is 13.2 Å². The fraction of sp³-hybridized carbons (Fsp3) is 0.360. The van der Waals surface area contributed by atoms with Gasteiger partial charge in [0.05, 0.1) is 7.11 Å². The molecule has 32 heavy (non-hydrogen) atoms. The lowest BCUT2D eigenvalue weighted by Crippen LogP contribution is -2.24. The summed E-state index contributed by atoms with van der Waals surface area (Å²) in [5.41, 5.74) is 0. The molecule has 2 aromatic rings. The minimum atomic E-state index is -0.497. The Morgan fingerprint density at radius 2 is 1.41 bits per heavy atom. The maximum atomic E-state index is 11.5. The molecule has 2 atom stereocenters. The maximum Gasteiger partial charge on any atom is 0.330 e. The standard InChI is InChI=1S/C25H30O7/c1-6-17(31-23(26)8-3)15-29-21-14-22(28-5)25(20-13-11-10-12-19(20)21)30-16-18(7-2)32-24(27)9-4/h8-14,17-18H,3-4,6-7,15-16H2,1-2,5H3. The molecule has 0 spiro atoms. The highest BCUT2D eigenvalue weighted by molar-refractivity contribution is 5.95. The summed E-state index contributed by atoms with van der Waals surface area (Å²) in [5.74, 6) is 0.578. The van der Waals surface area contributed by atoms with Crippen LogP contribution in [0.25, 0.3) is 10.8 Å². The number of rotatable bonds is 13. The van der Waals surface area contributed by atoms with Crippen LogP contribution < -0.4 is 14.2 Å². The largest absolute Gasteiger partial charge is 0.493 e. The van der Waals surface area contributed by atoms with Crippen LogP contribution in [-0.4, -0.2) is 44.5 Å². The lowest BCUT2D eigenvalue weighted by Gasteiger charge is -2.21. The summed E-state index contributed by atoms with van der Waals surface area (Å²) >= 11 is 0. The number of fused-ring (bicyclic) bond motifs is 1. The average molecular weight is 443 g/mol. The molecule has 0 saturated carbocycles. The molecule has 0 aromatic heterocycles. The summed E-state index contributed by atoms with van der Waals surface area (Å²) in [7, 11) is 1.54. The van der Waals surface area contributed by atoms with Gasteiger partial charge in [0.25, 0.3) is 0 Å². The van der Waals surface area contributed by atoms with Crippen molar-refractivity contribution in [3.63, 3.8) is 0 Å². The number of benzene rings is 2. The number of ether oxygens (including phenoxy) is 5. The number of carbonyl (C=O) groups is 2. The topological polar surface area (TPSA) is 80.3 Å². The van der Waals surface area contributed by atoms with Gasteiger partial charge in [-0.15, -0.1) is 0 Å². The molecule has 0 aliphatic heterocycles. The predicted molar refractivity (Wildman–Crippen MR) is 122 cm³/mol. The van der Waals surface area contributed by atoms with E-state index in [4.69, 9.17) is 23.7 Å². The van der Waals surface area contributed by atoms with Crippen LogP contribution in [0, 0.1) is 0 Å². The van der Waals surface area contributed by atoms with Gasteiger partial charge in [0.2, 0.25) is 0 Å². The molecule has 0 amide bonds. The Labute approximate surface area is 188 Å². The van der Waals surface area contributed by atoms with E-state index in [1.165, 1.54) is 7.11 Å². The number of hydrogen-bond acceptors (Lipinski definition) is 7. The second-order valence-electron chi connectivity index (χ2n) is 6.92. The molecule has 7 heteroatoms. The molecule has 0 radical (unpaired) electrons. The van der Waals surface area contributed by atoms with E-state index in [0.717, 1.165) is 22.9 Å². The molecule has 0 saturated heterocycles. The van der Waals surface area contributed by atoms with E-state index < -0.39 is 24.1 Å². The molecular formula is C25H30O7. The molecule has 0 N–H and O–H groups in total. The highest BCUT2D eigenvalue weighted by Crippen LogP contribution is 2.41. The van der Waals surface area contributed by atoms with Gasteiger partial charge < -0.3 is 23.7 Å². The lowest BCUT2D eigenvalue weighted by atomic mass is 10.1. The first kappa shape index (κ1) is 24.8. The van der Waals surface area contributed by atoms with Gasteiger partial charge in [-0.05, 0) is 12.8 Å². The molecule has 0 aliphatic carbocycles. The van der Waals surface area contributed by atoms with E-state index >= 15 is 0 Å². The Hall–Kier alpha value is -3.48. The SMILES string of the molecule is C=CC(=O)OC(CC)COc1cc(OC)c(OCC(CC)OC(=O)C=C)c2ccccc12. The van der Waals surface area contributed by atoms with E-state index in [1.54, 1.807) is 6.07 Å². The molecular weight excluding hydrogens is 412 g/mol. The van der Waals surface area contributed by atoms with Crippen molar-refractivity contribution >= 4 is 22.7 Å². The van der Waals surface area contributed by atoms with Crippen molar-refractivity contribution in [1.29, 1.82) is 0 Å². The monoisotopic (exact) mass is 442 g/mol. The Morgan fingerprint density at radius 1 is 0.875 bits per heavy atom. The Kier molecular flexibility index (Phi) is 9.60. The van der Waals surface area contributed by atoms with Crippen LogP contribution in [-0.2, 0) is 19.1 Å². The molecule has 0 fully saturated rings. The zero-order chi connectivity index (χ0) is 23.5. The van der Waals surface area contributed by atoms with Gasteiger partial charge in [-0.3, -0.25) is 0 Å². The molecule has 0 bridgehead atoms. The zero-order valence-electron chi connectivity index (χ0n) is 18.8. The molecule has 0 aliphatic rings. The average Bonchev–Trinajstić information content (AvgIpc) is 2.83. The summed E-state index contributed by atoms with van der Waals surface area (Å²) in [6, 6.07) is 9.31. The smallest absolute Gasteiger partial charge is 0.330 e. The molecule has 2 rings (SSSR count). The van der Waals surface area contributed by atoms with Crippen LogP contribution in [0.15, 0.2) is 55.6 Å². The van der Waals surface area contributed by atoms with Crippen molar-refractivity contribution in [2.24, 2.45) is 0 Å². The first-order valence-corrected chi connectivity index (χ1v) is 10.5. The van der Waals surface area contributed by atoms with Gasteiger partial charge in [-0.1, -0.05) is 51.3 Å². The fourth-order valence-electron chi connectivity index (χ4n) is 2.97. The number of methoxy groups -OCH3 is 1. The summed E-state index contributed by atoms with van der Waals surface area (Å²) < 4.78 is 28.2. The van der Waals surface area contributed by atoms with Crippen LogP contribution in [0.4, 0.5) is 0 Å². The van der Waals surface area contributed by atoms with Crippen molar-refractivity contribution in [3.05, 3.63) is 55.6 Å². The minimum absolute atomic E-state index is 0.159. The summed E-state index contributed by atoms with van der Waals surface area (Å²) in [4.78, 5) is 23.1. The maximum absolute atomic E-state index is 11.5.